The summed E-state index contributed by atoms with van der Waals surface area (Å²) in [5.74, 6) is 0. The molecular formula is C21H28N3+. The molecule has 0 saturated carbocycles. The van der Waals surface area contributed by atoms with Gasteiger partial charge >= 0.3 is 0 Å². The van der Waals surface area contributed by atoms with Crippen molar-refractivity contribution < 1.29 is 4.48 Å². The molecule has 2 aromatic rings. The Morgan fingerprint density at radius 2 is 1.92 bits per heavy atom. The van der Waals surface area contributed by atoms with Gasteiger partial charge in [0.05, 0.1) is 31.0 Å². The standard InChI is InChI=1S/C21H28N3/c1-14-12-15(2)22-16(3)21(14)23-17(4)24(5)11-10-20(23)19-9-7-6-8-18(19)13-24/h6-9,12,17,20H,10-11,13H2,1-5H3/q+1. The topological polar surface area (TPSA) is 16.1 Å². The predicted molar refractivity (Wildman–Crippen MR) is 98.9 cm³/mol. The molecular weight excluding hydrogens is 294 g/mol. The number of fused-ring (bicyclic) bond motifs is 2. The second kappa shape index (κ2) is 5.32. The minimum Gasteiger partial charge on any atom is -0.313 e. The van der Waals surface area contributed by atoms with Crippen molar-refractivity contribution in [2.75, 3.05) is 18.5 Å². The third-order valence-corrected chi connectivity index (χ3v) is 6.24. The molecule has 0 amide bonds. The van der Waals surface area contributed by atoms with Crippen LogP contribution >= 0.6 is 0 Å². The molecule has 1 fully saturated rings. The summed E-state index contributed by atoms with van der Waals surface area (Å²) in [4.78, 5) is 7.46. The molecule has 3 aliphatic heterocycles. The van der Waals surface area contributed by atoms with E-state index in [2.05, 4.69) is 70.0 Å². The Morgan fingerprint density at radius 3 is 2.67 bits per heavy atom. The predicted octanol–water partition coefficient (Wildman–Crippen LogP) is 4.26. The van der Waals surface area contributed by atoms with Crippen LogP contribution in [0, 0.1) is 20.8 Å². The number of aromatic nitrogens is 1. The van der Waals surface area contributed by atoms with Crippen molar-refractivity contribution in [3.8, 4) is 0 Å². The first-order valence-corrected chi connectivity index (χ1v) is 9.06. The van der Waals surface area contributed by atoms with E-state index in [1.165, 1.54) is 35.3 Å². The van der Waals surface area contributed by atoms with Gasteiger partial charge in [-0.1, -0.05) is 24.3 Å². The maximum atomic E-state index is 4.79. The summed E-state index contributed by atoms with van der Waals surface area (Å²) in [6, 6.07) is 11.8. The first-order chi connectivity index (χ1) is 11.4. The maximum Gasteiger partial charge on any atom is 0.162 e. The number of pyridine rings is 1. The SMILES string of the molecule is Cc1cc(C)c(N2C3CC[N+](C)(Cc4ccccc43)C2C)c(C)n1. The molecule has 0 radical (unpaired) electrons. The number of rotatable bonds is 1. The highest BCUT2D eigenvalue weighted by Crippen LogP contribution is 2.46. The first kappa shape index (κ1) is 15.6. The van der Waals surface area contributed by atoms with E-state index < -0.39 is 0 Å². The van der Waals surface area contributed by atoms with Crippen molar-refractivity contribution in [2.24, 2.45) is 0 Å². The van der Waals surface area contributed by atoms with Crippen LogP contribution in [0.2, 0.25) is 0 Å². The van der Waals surface area contributed by atoms with Gasteiger partial charge < -0.3 is 9.38 Å². The minimum atomic E-state index is 0.457. The number of aryl methyl sites for hydroxylation is 3. The largest absolute Gasteiger partial charge is 0.313 e. The Hall–Kier alpha value is -1.87. The van der Waals surface area contributed by atoms with Crippen molar-refractivity contribution in [3.05, 3.63) is 58.4 Å². The van der Waals surface area contributed by atoms with Crippen molar-refractivity contribution >= 4 is 5.69 Å². The van der Waals surface area contributed by atoms with Crippen LogP contribution in [0.25, 0.3) is 0 Å². The van der Waals surface area contributed by atoms with E-state index in [4.69, 9.17) is 4.98 Å². The van der Waals surface area contributed by atoms with Crippen molar-refractivity contribution in [1.29, 1.82) is 0 Å². The lowest BCUT2D eigenvalue weighted by molar-refractivity contribution is -0.947. The fourth-order valence-electron chi connectivity index (χ4n) is 4.96. The quantitative estimate of drug-likeness (QED) is 0.729. The fourth-order valence-corrected chi connectivity index (χ4v) is 4.96. The molecule has 1 saturated heterocycles. The van der Waals surface area contributed by atoms with Crippen LogP contribution in [0.4, 0.5) is 5.69 Å². The van der Waals surface area contributed by atoms with Gasteiger partial charge in [0.2, 0.25) is 0 Å². The van der Waals surface area contributed by atoms with Crippen LogP contribution in [0.1, 0.15) is 47.5 Å². The van der Waals surface area contributed by atoms with Crippen LogP contribution in [-0.2, 0) is 6.54 Å². The van der Waals surface area contributed by atoms with Crippen LogP contribution in [-0.4, -0.2) is 29.2 Å². The lowest BCUT2D eigenvalue weighted by Gasteiger charge is -2.51. The minimum absolute atomic E-state index is 0.457. The monoisotopic (exact) mass is 322 g/mol. The zero-order valence-corrected chi connectivity index (χ0v) is 15.5. The maximum absolute atomic E-state index is 4.79. The summed E-state index contributed by atoms with van der Waals surface area (Å²) < 4.78 is 1.08. The van der Waals surface area contributed by atoms with Crippen molar-refractivity contribution in [2.45, 2.75) is 52.9 Å². The molecule has 126 valence electrons. The molecule has 4 heterocycles. The van der Waals surface area contributed by atoms with Gasteiger partial charge in [0.1, 0.15) is 6.54 Å². The molecule has 24 heavy (non-hydrogen) atoms. The van der Waals surface area contributed by atoms with E-state index in [9.17, 15) is 0 Å². The number of quaternary nitrogens is 1. The molecule has 3 unspecified atom stereocenters. The van der Waals surface area contributed by atoms with E-state index in [0.29, 0.717) is 12.2 Å². The number of anilines is 1. The molecule has 3 heteroatoms. The third kappa shape index (κ3) is 2.18. The average Bonchev–Trinajstić information content (AvgIpc) is 2.71. The van der Waals surface area contributed by atoms with Gasteiger partial charge in [-0.2, -0.15) is 0 Å². The van der Waals surface area contributed by atoms with E-state index >= 15 is 0 Å². The molecule has 3 atom stereocenters. The van der Waals surface area contributed by atoms with Crippen molar-refractivity contribution in [1.82, 2.24) is 4.98 Å². The van der Waals surface area contributed by atoms with Crippen LogP contribution in [0.15, 0.2) is 30.3 Å². The number of benzene rings is 1. The number of nitrogens with zero attached hydrogens (tertiary/aromatic N) is 3. The van der Waals surface area contributed by atoms with E-state index in [0.717, 1.165) is 22.4 Å². The van der Waals surface area contributed by atoms with Gasteiger partial charge in [-0.15, -0.1) is 0 Å². The Bertz CT molecular complexity index is 774. The second-order valence-electron chi connectivity index (χ2n) is 7.92. The molecule has 5 rings (SSSR count). The van der Waals surface area contributed by atoms with E-state index in [-0.39, 0.29) is 0 Å². The Kier molecular flexibility index (Phi) is 3.47. The number of hydrogen-bond acceptors (Lipinski definition) is 2. The zero-order valence-electron chi connectivity index (χ0n) is 15.5. The Balaban J connectivity index is 1.93. The first-order valence-electron chi connectivity index (χ1n) is 9.06. The van der Waals surface area contributed by atoms with Gasteiger partial charge in [0.15, 0.2) is 6.17 Å². The third-order valence-electron chi connectivity index (χ3n) is 6.24. The summed E-state index contributed by atoms with van der Waals surface area (Å²) in [6.45, 7) is 11.3. The molecule has 2 bridgehead atoms. The van der Waals surface area contributed by atoms with Gasteiger partial charge in [0, 0.05) is 24.6 Å². The molecule has 1 aromatic heterocycles. The van der Waals surface area contributed by atoms with Crippen LogP contribution in [0.5, 0.6) is 0 Å². The highest BCUT2D eigenvalue weighted by Gasteiger charge is 2.47. The molecule has 3 nitrogen and oxygen atoms in total. The molecule has 0 N–H and O–H groups in total. The molecule has 1 aromatic carbocycles. The van der Waals surface area contributed by atoms with Gasteiger partial charge in [-0.25, -0.2) is 0 Å². The Labute approximate surface area is 145 Å². The molecule has 0 spiro atoms. The fraction of sp³-hybridized carbons (Fsp3) is 0.476. The Morgan fingerprint density at radius 1 is 1.17 bits per heavy atom. The summed E-state index contributed by atoms with van der Waals surface area (Å²) in [5, 5.41) is 0. The number of hydrogen-bond donors (Lipinski definition) is 0. The molecule has 0 aliphatic carbocycles. The van der Waals surface area contributed by atoms with Crippen molar-refractivity contribution in [3.63, 3.8) is 0 Å². The second-order valence-corrected chi connectivity index (χ2v) is 7.92. The zero-order chi connectivity index (χ0) is 17.1. The summed E-state index contributed by atoms with van der Waals surface area (Å²) in [5.41, 5.74) is 8.01. The van der Waals surface area contributed by atoms with Crippen LogP contribution in [0.3, 0.4) is 0 Å². The lowest BCUT2D eigenvalue weighted by atomic mass is 9.95. The summed E-state index contributed by atoms with van der Waals surface area (Å²) >= 11 is 0. The van der Waals surface area contributed by atoms with E-state index in [1.807, 2.05) is 0 Å². The summed E-state index contributed by atoms with van der Waals surface area (Å²) in [7, 11) is 2.42. The van der Waals surface area contributed by atoms with Gasteiger partial charge in [-0.05, 0) is 38.0 Å². The van der Waals surface area contributed by atoms with Gasteiger partial charge in [-0.3, -0.25) is 4.98 Å². The lowest BCUT2D eigenvalue weighted by Crippen LogP contribution is -2.62. The van der Waals surface area contributed by atoms with Gasteiger partial charge in [0.25, 0.3) is 0 Å². The normalized spacial score (nSPS) is 28.6. The average molecular weight is 322 g/mol. The molecule has 3 aliphatic rings. The smallest absolute Gasteiger partial charge is 0.162 e. The highest BCUT2D eigenvalue weighted by molar-refractivity contribution is 5.60. The van der Waals surface area contributed by atoms with E-state index in [1.54, 1.807) is 0 Å². The highest BCUT2D eigenvalue weighted by atomic mass is 15.5. The van der Waals surface area contributed by atoms with Crippen LogP contribution < -0.4 is 4.90 Å². The summed E-state index contributed by atoms with van der Waals surface area (Å²) in [6.07, 6.45) is 1.67.